The van der Waals surface area contributed by atoms with Crippen LogP contribution in [0.25, 0.3) is 0 Å². The van der Waals surface area contributed by atoms with E-state index in [-0.39, 0.29) is 25.7 Å². The number of aliphatic hydroxyl groups is 1. The van der Waals surface area contributed by atoms with E-state index >= 15 is 0 Å². The lowest BCUT2D eigenvalue weighted by Gasteiger charge is -2.22. The Labute approximate surface area is 84.6 Å². The van der Waals surface area contributed by atoms with Crippen molar-refractivity contribution in [3.8, 4) is 0 Å². The highest BCUT2D eigenvalue weighted by Crippen LogP contribution is 2.17. The van der Waals surface area contributed by atoms with E-state index in [1.165, 1.54) is 19.3 Å². The first kappa shape index (κ1) is 11.5. The van der Waals surface area contributed by atoms with Gasteiger partial charge in [0.25, 0.3) is 0 Å². The lowest BCUT2D eigenvalue weighted by Crippen LogP contribution is -2.38. The van der Waals surface area contributed by atoms with Crippen molar-refractivity contribution in [1.29, 1.82) is 0 Å². The van der Waals surface area contributed by atoms with Crippen molar-refractivity contribution in [2.75, 3.05) is 19.8 Å². The molecule has 0 radical (unpaired) electrons. The average Bonchev–Trinajstić information content (AvgIpc) is 2.20. The molecule has 0 bridgehead atoms. The van der Waals surface area contributed by atoms with Crippen molar-refractivity contribution < 1.29 is 14.6 Å². The second-order valence-corrected chi connectivity index (χ2v) is 3.68. The highest BCUT2D eigenvalue weighted by atomic mass is 16.5. The number of rotatable bonds is 5. The van der Waals surface area contributed by atoms with E-state index in [0.717, 1.165) is 12.8 Å². The van der Waals surface area contributed by atoms with Gasteiger partial charge in [-0.3, -0.25) is 4.79 Å². The van der Waals surface area contributed by atoms with Crippen molar-refractivity contribution in [2.45, 2.75) is 38.1 Å². The van der Waals surface area contributed by atoms with E-state index in [9.17, 15) is 4.79 Å². The Bertz CT molecular complexity index is 167. The van der Waals surface area contributed by atoms with Crippen molar-refractivity contribution in [2.24, 2.45) is 0 Å². The van der Waals surface area contributed by atoms with Crippen LogP contribution in [-0.2, 0) is 9.53 Å². The molecule has 0 heterocycles. The van der Waals surface area contributed by atoms with Crippen LogP contribution in [0.2, 0.25) is 0 Å². The predicted molar refractivity (Wildman–Crippen MR) is 52.9 cm³/mol. The molecule has 0 atom stereocenters. The van der Waals surface area contributed by atoms with E-state index in [4.69, 9.17) is 9.84 Å². The van der Waals surface area contributed by atoms with Crippen LogP contribution in [0, 0.1) is 0 Å². The zero-order chi connectivity index (χ0) is 10.2. The fraction of sp³-hybridized carbons (Fsp3) is 0.900. The fourth-order valence-corrected chi connectivity index (χ4v) is 1.75. The summed E-state index contributed by atoms with van der Waals surface area (Å²) in [6.45, 7) is 0.270. The van der Waals surface area contributed by atoms with E-state index in [2.05, 4.69) is 5.32 Å². The molecule has 1 fully saturated rings. The fourth-order valence-electron chi connectivity index (χ4n) is 1.75. The summed E-state index contributed by atoms with van der Waals surface area (Å²) in [5.41, 5.74) is 0. The van der Waals surface area contributed by atoms with Gasteiger partial charge in [-0.05, 0) is 12.8 Å². The molecule has 1 amide bonds. The minimum atomic E-state index is -0.0645. The molecule has 2 N–H and O–H groups in total. The highest BCUT2D eigenvalue weighted by Gasteiger charge is 2.15. The summed E-state index contributed by atoms with van der Waals surface area (Å²) in [7, 11) is 0. The first-order valence-corrected chi connectivity index (χ1v) is 5.31. The maximum Gasteiger partial charge on any atom is 0.246 e. The number of hydrogen-bond donors (Lipinski definition) is 2. The molecule has 1 aliphatic carbocycles. The highest BCUT2D eigenvalue weighted by molar-refractivity contribution is 5.77. The molecule has 4 heteroatoms. The molecule has 0 aromatic heterocycles. The minimum absolute atomic E-state index is 0.0310. The lowest BCUT2D eigenvalue weighted by molar-refractivity contribution is -0.126. The second kappa shape index (κ2) is 6.79. The molecule has 0 unspecified atom stereocenters. The van der Waals surface area contributed by atoms with Gasteiger partial charge in [-0.2, -0.15) is 0 Å². The van der Waals surface area contributed by atoms with Crippen LogP contribution < -0.4 is 5.32 Å². The number of amides is 1. The quantitative estimate of drug-likeness (QED) is 0.635. The molecule has 14 heavy (non-hydrogen) atoms. The number of hydrogen-bond acceptors (Lipinski definition) is 3. The molecule has 0 spiro atoms. The zero-order valence-corrected chi connectivity index (χ0v) is 8.50. The summed E-state index contributed by atoms with van der Waals surface area (Å²) in [5.74, 6) is -0.0645. The maximum atomic E-state index is 11.3. The van der Waals surface area contributed by atoms with Gasteiger partial charge in [-0.15, -0.1) is 0 Å². The van der Waals surface area contributed by atoms with Gasteiger partial charge in [0, 0.05) is 6.04 Å². The molecular formula is C10H19NO3. The molecular weight excluding hydrogens is 182 g/mol. The number of aliphatic hydroxyl groups excluding tert-OH is 1. The van der Waals surface area contributed by atoms with Crippen LogP contribution in [-0.4, -0.2) is 36.9 Å². The molecule has 1 rings (SSSR count). The van der Waals surface area contributed by atoms with Gasteiger partial charge in [0.2, 0.25) is 5.91 Å². The Morgan fingerprint density at radius 3 is 2.71 bits per heavy atom. The number of ether oxygens (including phenoxy) is 1. The number of carbonyl (C=O) groups is 1. The summed E-state index contributed by atoms with van der Waals surface area (Å²) in [5, 5.41) is 11.4. The first-order valence-electron chi connectivity index (χ1n) is 5.31. The second-order valence-electron chi connectivity index (χ2n) is 3.68. The van der Waals surface area contributed by atoms with Crippen molar-refractivity contribution in [3.63, 3.8) is 0 Å². The Balaban J connectivity index is 2.06. The van der Waals surface area contributed by atoms with Crippen LogP contribution >= 0.6 is 0 Å². The Kier molecular flexibility index (Phi) is 5.56. The SMILES string of the molecule is O=C(COCCO)NC1CCCCC1. The maximum absolute atomic E-state index is 11.3. The van der Waals surface area contributed by atoms with Gasteiger partial charge < -0.3 is 15.2 Å². The van der Waals surface area contributed by atoms with Crippen LogP contribution in [0.1, 0.15) is 32.1 Å². The topological polar surface area (TPSA) is 58.6 Å². The van der Waals surface area contributed by atoms with E-state index in [1.54, 1.807) is 0 Å². The zero-order valence-electron chi connectivity index (χ0n) is 8.50. The van der Waals surface area contributed by atoms with Gasteiger partial charge in [-0.25, -0.2) is 0 Å². The van der Waals surface area contributed by atoms with Gasteiger partial charge in [-0.1, -0.05) is 19.3 Å². The predicted octanol–water partition coefficient (Wildman–Crippen LogP) is 0.444. The molecule has 0 aliphatic heterocycles. The van der Waals surface area contributed by atoms with Gasteiger partial charge in [0.05, 0.1) is 13.2 Å². The third kappa shape index (κ3) is 4.58. The van der Waals surface area contributed by atoms with Crippen LogP contribution in [0.4, 0.5) is 0 Å². The summed E-state index contributed by atoms with van der Waals surface area (Å²) in [6.07, 6.45) is 5.88. The van der Waals surface area contributed by atoms with E-state index in [1.807, 2.05) is 0 Å². The molecule has 1 aliphatic rings. The normalized spacial score (nSPS) is 18.1. The monoisotopic (exact) mass is 201 g/mol. The van der Waals surface area contributed by atoms with Crippen LogP contribution in [0.3, 0.4) is 0 Å². The Hall–Kier alpha value is -0.610. The average molecular weight is 201 g/mol. The largest absolute Gasteiger partial charge is 0.394 e. The lowest BCUT2D eigenvalue weighted by atomic mass is 9.95. The standard InChI is InChI=1S/C10H19NO3/c12-6-7-14-8-10(13)11-9-4-2-1-3-5-9/h9,12H,1-8H2,(H,11,13). The van der Waals surface area contributed by atoms with Crippen LogP contribution in [0.5, 0.6) is 0 Å². The summed E-state index contributed by atoms with van der Waals surface area (Å²) in [6, 6.07) is 0.342. The van der Waals surface area contributed by atoms with Crippen molar-refractivity contribution in [1.82, 2.24) is 5.32 Å². The molecule has 82 valence electrons. The Morgan fingerprint density at radius 2 is 2.07 bits per heavy atom. The smallest absolute Gasteiger partial charge is 0.246 e. The molecule has 0 aromatic rings. The van der Waals surface area contributed by atoms with Gasteiger partial charge in [0.15, 0.2) is 0 Å². The molecule has 4 nitrogen and oxygen atoms in total. The number of carbonyl (C=O) groups excluding carboxylic acids is 1. The molecule has 1 saturated carbocycles. The third-order valence-electron chi connectivity index (χ3n) is 2.44. The first-order chi connectivity index (χ1) is 6.83. The minimum Gasteiger partial charge on any atom is -0.394 e. The summed E-state index contributed by atoms with van der Waals surface area (Å²) in [4.78, 5) is 11.3. The summed E-state index contributed by atoms with van der Waals surface area (Å²) < 4.78 is 4.92. The molecule has 0 aromatic carbocycles. The van der Waals surface area contributed by atoms with Crippen molar-refractivity contribution in [3.05, 3.63) is 0 Å². The van der Waals surface area contributed by atoms with E-state index < -0.39 is 0 Å². The van der Waals surface area contributed by atoms with Gasteiger partial charge >= 0.3 is 0 Å². The number of nitrogens with one attached hydrogen (secondary N) is 1. The van der Waals surface area contributed by atoms with E-state index in [0.29, 0.717) is 6.04 Å². The van der Waals surface area contributed by atoms with Gasteiger partial charge in [0.1, 0.15) is 6.61 Å². The third-order valence-corrected chi connectivity index (χ3v) is 2.44. The Morgan fingerprint density at radius 1 is 1.36 bits per heavy atom. The van der Waals surface area contributed by atoms with Crippen LogP contribution in [0.15, 0.2) is 0 Å². The summed E-state index contributed by atoms with van der Waals surface area (Å²) >= 11 is 0. The molecule has 0 saturated heterocycles. The van der Waals surface area contributed by atoms with Crippen molar-refractivity contribution >= 4 is 5.91 Å².